The van der Waals surface area contributed by atoms with Crippen LogP contribution in [0.1, 0.15) is 28.7 Å². The fourth-order valence-corrected chi connectivity index (χ4v) is 1.62. The molecule has 0 atom stereocenters. The van der Waals surface area contributed by atoms with Crippen molar-refractivity contribution in [3.63, 3.8) is 0 Å². The highest BCUT2D eigenvalue weighted by atomic mass is 19.3. The fourth-order valence-electron chi connectivity index (χ4n) is 1.62. The molecule has 0 fully saturated rings. The van der Waals surface area contributed by atoms with Gasteiger partial charge in [-0.15, -0.1) is 0 Å². The van der Waals surface area contributed by atoms with Crippen molar-refractivity contribution in [2.75, 3.05) is 0 Å². The van der Waals surface area contributed by atoms with Crippen LogP contribution in [0.5, 0.6) is 0 Å². The van der Waals surface area contributed by atoms with Crippen LogP contribution in [0.25, 0.3) is 0 Å². The molecular weight excluding hydrogens is 246 g/mol. The molecule has 96 valence electrons. The van der Waals surface area contributed by atoms with Crippen LogP contribution in [0.4, 0.5) is 8.78 Å². The highest BCUT2D eigenvalue weighted by Crippen LogP contribution is 2.15. The molecule has 0 bridgehead atoms. The molecule has 0 aliphatic rings. The van der Waals surface area contributed by atoms with Gasteiger partial charge in [0.2, 0.25) is 0 Å². The molecule has 0 amide bonds. The lowest BCUT2D eigenvalue weighted by molar-refractivity contribution is 0.0663. The molecule has 0 unspecified atom stereocenters. The summed E-state index contributed by atoms with van der Waals surface area (Å²) in [4.78, 5) is 18.6. The molecule has 0 aliphatic carbocycles. The molecule has 18 heavy (non-hydrogen) atoms. The van der Waals surface area contributed by atoms with E-state index in [9.17, 15) is 13.6 Å². The van der Waals surface area contributed by atoms with Gasteiger partial charge in [0.15, 0.2) is 0 Å². The minimum atomic E-state index is -2.71. The Labute approximate surface area is 101 Å². The molecule has 1 N–H and O–H groups in total. The number of nitrogens with zero attached hydrogens (tertiary/aromatic N) is 4. The second-order valence-electron chi connectivity index (χ2n) is 3.61. The van der Waals surface area contributed by atoms with E-state index in [1.54, 1.807) is 6.92 Å². The zero-order valence-corrected chi connectivity index (χ0v) is 9.42. The molecule has 0 saturated heterocycles. The second kappa shape index (κ2) is 4.55. The lowest BCUT2D eigenvalue weighted by Gasteiger charge is -2.09. The number of imidazole rings is 2. The van der Waals surface area contributed by atoms with Gasteiger partial charge in [-0.1, -0.05) is 0 Å². The Kier molecular flexibility index (Phi) is 3.09. The SMILES string of the molecule is Cc1ncc(C(=O)O)n1Cc1nccn1C(F)F. The van der Waals surface area contributed by atoms with Gasteiger partial charge >= 0.3 is 12.5 Å². The van der Waals surface area contributed by atoms with Crippen molar-refractivity contribution in [1.29, 1.82) is 0 Å². The van der Waals surface area contributed by atoms with E-state index in [4.69, 9.17) is 5.11 Å². The predicted molar refractivity (Wildman–Crippen MR) is 56.5 cm³/mol. The van der Waals surface area contributed by atoms with Crippen molar-refractivity contribution in [2.24, 2.45) is 0 Å². The standard InChI is InChI=1S/C10H10F2N4O2/c1-6-14-4-7(9(17)18)16(6)5-8-13-2-3-15(8)10(11)12/h2-4,10H,5H2,1H3,(H,17,18). The van der Waals surface area contributed by atoms with Gasteiger partial charge in [0.05, 0.1) is 12.7 Å². The predicted octanol–water partition coefficient (Wildman–Crippen LogP) is 1.53. The number of hydrogen-bond donors (Lipinski definition) is 1. The largest absolute Gasteiger partial charge is 0.477 e. The van der Waals surface area contributed by atoms with Gasteiger partial charge in [-0.25, -0.2) is 14.8 Å². The molecule has 0 saturated carbocycles. The van der Waals surface area contributed by atoms with Crippen LogP contribution in [0.2, 0.25) is 0 Å². The molecule has 2 aromatic heterocycles. The van der Waals surface area contributed by atoms with E-state index >= 15 is 0 Å². The van der Waals surface area contributed by atoms with Crippen molar-refractivity contribution >= 4 is 5.97 Å². The fraction of sp³-hybridized carbons (Fsp3) is 0.300. The van der Waals surface area contributed by atoms with Crippen LogP contribution in [0.15, 0.2) is 18.6 Å². The number of aromatic carboxylic acids is 1. The van der Waals surface area contributed by atoms with Crippen LogP contribution < -0.4 is 0 Å². The first-order chi connectivity index (χ1) is 8.50. The first kappa shape index (κ1) is 12.2. The van der Waals surface area contributed by atoms with Gasteiger partial charge in [-0.05, 0) is 6.92 Å². The summed E-state index contributed by atoms with van der Waals surface area (Å²) in [7, 11) is 0. The average Bonchev–Trinajstić information content (AvgIpc) is 2.87. The molecule has 2 rings (SSSR count). The minimum absolute atomic E-state index is 0.0590. The summed E-state index contributed by atoms with van der Waals surface area (Å²) in [6, 6.07) is 0. The third kappa shape index (κ3) is 2.08. The summed E-state index contributed by atoms with van der Waals surface area (Å²) >= 11 is 0. The first-order valence-electron chi connectivity index (χ1n) is 5.06. The topological polar surface area (TPSA) is 72.9 Å². The molecule has 0 spiro atoms. The number of alkyl halides is 2. The van der Waals surface area contributed by atoms with Crippen molar-refractivity contribution in [3.05, 3.63) is 35.9 Å². The van der Waals surface area contributed by atoms with Crippen LogP contribution >= 0.6 is 0 Å². The third-order valence-corrected chi connectivity index (χ3v) is 2.53. The van der Waals surface area contributed by atoms with Crippen molar-refractivity contribution in [2.45, 2.75) is 20.0 Å². The highest BCUT2D eigenvalue weighted by molar-refractivity contribution is 5.85. The average molecular weight is 256 g/mol. The van der Waals surface area contributed by atoms with E-state index < -0.39 is 12.5 Å². The van der Waals surface area contributed by atoms with Gasteiger partial charge in [0, 0.05) is 12.4 Å². The van der Waals surface area contributed by atoms with Crippen LogP contribution in [-0.4, -0.2) is 30.2 Å². The number of rotatable bonds is 4. The molecule has 2 aromatic rings. The quantitative estimate of drug-likeness (QED) is 0.900. The molecule has 0 aliphatic heterocycles. The van der Waals surface area contributed by atoms with Crippen LogP contribution in [0, 0.1) is 6.92 Å². The minimum Gasteiger partial charge on any atom is -0.477 e. The maximum Gasteiger partial charge on any atom is 0.354 e. The van der Waals surface area contributed by atoms with Crippen LogP contribution in [-0.2, 0) is 6.54 Å². The number of aryl methyl sites for hydroxylation is 1. The summed E-state index contributed by atoms with van der Waals surface area (Å²) in [5, 5.41) is 8.95. The van der Waals surface area contributed by atoms with E-state index in [0.717, 1.165) is 6.20 Å². The van der Waals surface area contributed by atoms with Crippen molar-refractivity contribution < 1.29 is 18.7 Å². The Morgan fingerprint density at radius 1 is 1.50 bits per heavy atom. The van der Waals surface area contributed by atoms with E-state index in [1.807, 2.05) is 0 Å². The number of halogens is 2. The number of carboxylic acids is 1. The molecule has 0 radical (unpaired) electrons. The lowest BCUT2D eigenvalue weighted by Crippen LogP contribution is -2.14. The van der Waals surface area contributed by atoms with Crippen LogP contribution in [0.3, 0.4) is 0 Å². The monoisotopic (exact) mass is 256 g/mol. The normalized spacial score (nSPS) is 11.1. The van der Waals surface area contributed by atoms with Gasteiger partial charge in [0.1, 0.15) is 17.3 Å². The Morgan fingerprint density at radius 3 is 2.83 bits per heavy atom. The Bertz CT molecular complexity index is 576. The zero-order valence-electron chi connectivity index (χ0n) is 9.42. The molecule has 8 heteroatoms. The molecule has 6 nitrogen and oxygen atoms in total. The second-order valence-corrected chi connectivity index (χ2v) is 3.61. The first-order valence-corrected chi connectivity index (χ1v) is 5.06. The van der Waals surface area contributed by atoms with Crippen molar-refractivity contribution in [3.8, 4) is 0 Å². The Balaban J connectivity index is 2.37. The van der Waals surface area contributed by atoms with Gasteiger partial charge in [-0.2, -0.15) is 8.78 Å². The van der Waals surface area contributed by atoms with Gasteiger partial charge in [0.25, 0.3) is 0 Å². The van der Waals surface area contributed by atoms with E-state index in [2.05, 4.69) is 9.97 Å². The number of carbonyl (C=O) groups is 1. The summed E-state index contributed by atoms with van der Waals surface area (Å²) in [6.45, 7) is -1.17. The molecule has 0 aromatic carbocycles. The summed E-state index contributed by atoms with van der Waals surface area (Å²) in [6.07, 6.45) is 3.58. The Morgan fingerprint density at radius 2 is 2.22 bits per heavy atom. The van der Waals surface area contributed by atoms with E-state index in [-0.39, 0.29) is 18.1 Å². The van der Waals surface area contributed by atoms with Gasteiger partial charge in [-0.3, -0.25) is 4.57 Å². The smallest absolute Gasteiger partial charge is 0.354 e. The summed E-state index contributed by atoms with van der Waals surface area (Å²) in [5.74, 6) is -0.657. The number of carboxylic acid groups (broad SMARTS) is 1. The summed E-state index contributed by atoms with van der Waals surface area (Å²) in [5.41, 5.74) is -0.0590. The number of hydrogen-bond acceptors (Lipinski definition) is 3. The zero-order chi connectivity index (χ0) is 13.3. The van der Waals surface area contributed by atoms with E-state index in [1.165, 1.54) is 17.0 Å². The third-order valence-electron chi connectivity index (χ3n) is 2.53. The molecular formula is C10H10F2N4O2. The Hall–Kier alpha value is -2.25. The maximum atomic E-state index is 12.6. The van der Waals surface area contributed by atoms with Crippen molar-refractivity contribution in [1.82, 2.24) is 19.1 Å². The lowest BCUT2D eigenvalue weighted by atomic mass is 10.4. The summed E-state index contributed by atoms with van der Waals surface area (Å²) < 4.78 is 27.3. The number of aromatic nitrogens is 4. The maximum absolute atomic E-state index is 12.6. The molecule has 2 heterocycles. The van der Waals surface area contributed by atoms with Gasteiger partial charge < -0.3 is 9.67 Å². The van der Waals surface area contributed by atoms with E-state index in [0.29, 0.717) is 10.4 Å². The highest BCUT2D eigenvalue weighted by Gasteiger charge is 2.17.